The molecule has 0 radical (unpaired) electrons. The second kappa shape index (κ2) is 9.64. The van der Waals surface area contributed by atoms with E-state index in [1.165, 1.54) is 22.9 Å². The zero-order valence-corrected chi connectivity index (χ0v) is 18.0. The van der Waals surface area contributed by atoms with Gasteiger partial charge in [-0.2, -0.15) is 5.10 Å². The first-order valence-electron chi connectivity index (χ1n) is 10.5. The standard InChI is InChI=1S/C24H23FN4O4/c1-33-20-4-2-3-19(14-20)28-15-17(13-23(28)31)24(32)26-11-12-29-22(30)10-9-21(27-29)16-5-7-18(25)8-6-16/h2-10,14,17H,11-13,15H2,1H3,(H,26,32). The number of rotatable bonds is 7. The molecule has 1 aliphatic rings. The molecule has 1 unspecified atom stereocenters. The molecule has 0 spiro atoms. The Kier molecular flexibility index (Phi) is 6.48. The van der Waals surface area contributed by atoms with Gasteiger partial charge in [0.15, 0.2) is 0 Å². The summed E-state index contributed by atoms with van der Waals surface area (Å²) in [7, 11) is 1.55. The van der Waals surface area contributed by atoms with E-state index in [0.717, 1.165) is 0 Å². The minimum atomic E-state index is -0.487. The first-order valence-corrected chi connectivity index (χ1v) is 10.5. The van der Waals surface area contributed by atoms with Gasteiger partial charge < -0.3 is 15.0 Å². The van der Waals surface area contributed by atoms with Gasteiger partial charge in [0.25, 0.3) is 5.56 Å². The molecule has 1 fully saturated rings. The number of ether oxygens (including phenoxy) is 1. The predicted molar refractivity (Wildman–Crippen MR) is 120 cm³/mol. The van der Waals surface area contributed by atoms with Crippen molar-refractivity contribution in [3.05, 3.63) is 76.8 Å². The Balaban J connectivity index is 1.36. The van der Waals surface area contributed by atoms with Crippen LogP contribution in [0.1, 0.15) is 6.42 Å². The van der Waals surface area contributed by atoms with Crippen molar-refractivity contribution >= 4 is 17.5 Å². The Bertz CT molecular complexity index is 1230. The van der Waals surface area contributed by atoms with Gasteiger partial charge in [-0.1, -0.05) is 6.07 Å². The van der Waals surface area contributed by atoms with Crippen molar-refractivity contribution in [1.82, 2.24) is 15.1 Å². The molecule has 8 nitrogen and oxygen atoms in total. The molecule has 1 N–H and O–H groups in total. The maximum atomic E-state index is 13.1. The molecule has 1 aliphatic heterocycles. The van der Waals surface area contributed by atoms with Crippen LogP contribution < -0.4 is 20.5 Å². The van der Waals surface area contributed by atoms with Crippen molar-refractivity contribution in [2.45, 2.75) is 13.0 Å². The average Bonchev–Trinajstić information content (AvgIpc) is 3.22. The first-order chi connectivity index (χ1) is 15.9. The van der Waals surface area contributed by atoms with Gasteiger partial charge in [-0.25, -0.2) is 9.07 Å². The lowest BCUT2D eigenvalue weighted by Gasteiger charge is -2.17. The minimum Gasteiger partial charge on any atom is -0.497 e. The smallest absolute Gasteiger partial charge is 0.266 e. The monoisotopic (exact) mass is 450 g/mol. The summed E-state index contributed by atoms with van der Waals surface area (Å²) in [4.78, 5) is 38.8. The molecule has 2 amide bonds. The van der Waals surface area contributed by atoms with Crippen molar-refractivity contribution in [3.63, 3.8) is 0 Å². The Morgan fingerprint density at radius 3 is 2.70 bits per heavy atom. The molecule has 3 aromatic rings. The van der Waals surface area contributed by atoms with Gasteiger partial charge in [0, 0.05) is 42.9 Å². The van der Waals surface area contributed by atoms with Crippen molar-refractivity contribution in [2.75, 3.05) is 25.1 Å². The van der Waals surface area contributed by atoms with Crippen molar-refractivity contribution in [1.29, 1.82) is 0 Å². The third-order valence-electron chi connectivity index (χ3n) is 5.49. The number of halogens is 1. The van der Waals surface area contributed by atoms with Crippen molar-refractivity contribution < 1.29 is 18.7 Å². The van der Waals surface area contributed by atoms with Crippen LogP contribution in [0.2, 0.25) is 0 Å². The van der Waals surface area contributed by atoms with Gasteiger partial charge >= 0.3 is 0 Å². The Morgan fingerprint density at radius 2 is 1.94 bits per heavy atom. The normalized spacial score (nSPS) is 15.5. The number of nitrogens with zero attached hydrogens (tertiary/aromatic N) is 3. The molecule has 1 aromatic heterocycles. The second-order valence-corrected chi connectivity index (χ2v) is 7.68. The summed E-state index contributed by atoms with van der Waals surface area (Å²) in [6.45, 7) is 0.623. The topological polar surface area (TPSA) is 93.5 Å². The van der Waals surface area contributed by atoms with Crippen LogP contribution in [0.4, 0.5) is 10.1 Å². The quantitative estimate of drug-likeness (QED) is 0.596. The highest BCUT2D eigenvalue weighted by Crippen LogP contribution is 2.28. The summed E-state index contributed by atoms with van der Waals surface area (Å²) in [5, 5.41) is 7.09. The molecule has 1 saturated heterocycles. The molecule has 1 atom stereocenters. The van der Waals surface area contributed by atoms with Crippen LogP contribution in [0.15, 0.2) is 65.5 Å². The van der Waals surface area contributed by atoms with E-state index in [9.17, 15) is 18.8 Å². The molecule has 170 valence electrons. The van der Waals surface area contributed by atoms with Crippen LogP contribution in [-0.4, -0.2) is 41.8 Å². The highest BCUT2D eigenvalue weighted by atomic mass is 19.1. The Morgan fingerprint density at radius 1 is 1.15 bits per heavy atom. The average molecular weight is 450 g/mol. The molecule has 0 saturated carbocycles. The molecule has 33 heavy (non-hydrogen) atoms. The third kappa shape index (κ3) is 5.08. The lowest BCUT2D eigenvalue weighted by atomic mass is 10.1. The van der Waals surface area contributed by atoms with E-state index in [1.54, 1.807) is 54.5 Å². The molecule has 2 heterocycles. The highest BCUT2D eigenvalue weighted by molar-refractivity contribution is 6.00. The summed E-state index contributed by atoms with van der Waals surface area (Å²) in [5.41, 5.74) is 1.57. The number of aromatic nitrogens is 2. The lowest BCUT2D eigenvalue weighted by Crippen LogP contribution is -2.36. The number of anilines is 1. The third-order valence-corrected chi connectivity index (χ3v) is 5.49. The van der Waals surface area contributed by atoms with Crippen LogP contribution in [0.3, 0.4) is 0 Å². The minimum absolute atomic E-state index is 0.112. The maximum Gasteiger partial charge on any atom is 0.266 e. The van der Waals surface area contributed by atoms with Crippen molar-refractivity contribution in [3.8, 4) is 17.0 Å². The zero-order chi connectivity index (χ0) is 23.4. The second-order valence-electron chi connectivity index (χ2n) is 7.68. The summed E-state index contributed by atoms with van der Waals surface area (Å²) in [6, 6.07) is 15.9. The number of carbonyl (C=O) groups excluding carboxylic acids is 2. The fourth-order valence-corrected chi connectivity index (χ4v) is 3.72. The van der Waals surface area contributed by atoms with Gasteiger partial charge in [0.1, 0.15) is 11.6 Å². The SMILES string of the molecule is COc1cccc(N2CC(C(=O)NCCn3nc(-c4ccc(F)cc4)ccc3=O)CC2=O)c1. The summed E-state index contributed by atoms with van der Waals surface area (Å²) in [6.07, 6.45) is 0.112. The van der Waals surface area contributed by atoms with E-state index in [4.69, 9.17) is 4.74 Å². The van der Waals surface area contributed by atoms with Crippen LogP contribution >= 0.6 is 0 Å². The number of benzene rings is 2. The van der Waals surface area contributed by atoms with Gasteiger partial charge in [-0.05, 0) is 42.5 Å². The Hall–Kier alpha value is -4.01. The Labute approximate surface area is 189 Å². The van der Waals surface area contributed by atoms with E-state index in [1.807, 2.05) is 0 Å². The van der Waals surface area contributed by atoms with Crippen LogP contribution in [0, 0.1) is 11.7 Å². The highest BCUT2D eigenvalue weighted by Gasteiger charge is 2.35. The number of amides is 2. The van der Waals surface area contributed by atoms with Crippen LogP contribution in [0.25, 0.3) is 11.3 Å². The number of carbonyl (C=O) groups is 2. The van der Waals surface area contributed by atoms with Gasteiger partial charge in [0.2, 0.25) is 11.8 Å². The predicted octanol–water partition coefficient (Wildman–Crippen LogP) is 2.23. The summed E-state index contributed by atoms with van der Waals surface area (Å²) >= 11 is 0. The van der Waals surface area contributed by atoms with E-state index in [-0.39, 0.29) is 49.2 Å². The van der Waals surface area contributed by atoms with E-state index in [2.05, 4.69) is 10.4 Å². The van der Waals surface area contributed by atoms with Crippen LogP contribution in [0.5, 0.6) is 5.75 Å². The van der Waals surface area contributed by atoms with Crippen molar-refractivity contribution in [2.24, 2.45) is 5.92 Å². The fraction of sp³-hybridized carbons (Fsp3) is 0.250. The van der Waals surface area contributed by atoms with Gasteiger partial charge in [-0.15, -0.1) is 0 Å². The summed E-state index contributed by atoms with van der Waals surface area (Å²) < 4.78 is 19.6. The van der Waals surface area contributed by atoms with E-state index in [0.29, 0.717) is 22.7 Å². The molecule has 4 rings (SSSR count). The molecule has 2 aromatic carbocycles. The van der Waals surface area contributed by atoms with Gasteiger partial charge in [-0.3, -0.25) is 14.4 Å². The molecule has 0 bridgehead atoms. The fourth-order valence-electron chi connectivity index (χ4n) is 3.72. The zero-order valence-electron chi connectivity index (χ0n) is 18.0. The first kappa shape index (κ1) is 22.2. The number of methoxy groups -OCH3 is 1. The van der Waals surface area contributed by atoms with Gasteiger partial charge in [0.05, 0.1) is 25.3 Å². The number of nitrogens with one attached hydrogen (secondary N) is 1. The lowest BCUT2D eigenvalue weighted by molar-refractivity contribution is -0.126. The molecular weight excluding hydrogens is 427 g/mol. The molecular formula is C24H23FN4O4. The number of hydrogen-bond acceptors (Lipinski definition) is 5. The number of hydrogen-bond donors (Lipinski definition) is 1. The maximum absolute atomic E-state index is 13.1. The van der Waals surface area contributed by atoms with E-state index >= 15 is 0 Å². The molecule has 9 heteroatoms. The summed E-state index contributed by atoms with van der Waals surface area (Å²) in [5.74, 6) is -0.595. The molecule has 0 aliphatic carbocycles. The van der Waals surface area contributed by atoms with E-state index < -0.39 is 5.92 Å². The van der Waals surface area contributed by atoms with Crippen LogP contribution in [-0.2, 0) is 16.1 Å². The largest absolute Gasteiger partial charge is 0.497 e.